The van der Waals surface area contributed by atoms with Gasteiger partial charge in [-0.1, -0.05) is 16.8 Å². The molecule has 2 aromatic rings. The fourth-order valence-corrected chi connectivity index (χ4v) is 1.39. The zero-order chi connectivity index (χ0) is 12.4. The smallest absolute Gasteiger partial charge is 0.312 e. The summed E-state index contributed by atoms with van der Waals surface area (Å²) in [5, 5.41) is 12.0. The monoisotopic (exact) mass is 256 g/mol. The highest BCUT2D eigenvalue weighted by Gasteiger charge is 2.12. The Morgan fingerprint density at radius 2 is 2.29 bits per heavy atom. The predicted molar refractivity (Wildman–Crippen MR) is 56.0 cm³/mol. The number of aliphatic carboxylic acids is 1. The van der Waals surface area contributed by atoms with E-state index < -0.39 is 11.8 Å². The van der Waals surface area contributed by atoms with Crippen molar-refractivity contribution in [2.75, 3.05) is 0 Å². The van der Waals surface area contributed by atoms with Gasteiger partial charge in [0, 0.05) is 5.56 Å². The van der Waals surface area contributed by atoms with Gasteiger partial charge in [0.25, 0.3) is 0 Å². The van der Waals surface area contributed by atoms with E-state index in [4.69, 9.17) is 21.2 Å². The van der Waals surface area contributed by atoms with Gasteiger partial charge in [0.1, 0.15) is 12.2 Å². The largest absolute Gasteiger partial charge is 0.481 e. The zero-order valence-electron chi connectivity index (χ0n) is 8.35. The summed E-state index contributed by atoms with van der Waals surface area (Å²) in [6.07, 6.45) is -0.359. The van der Waals surface area contributed by atoms with Gasteiger partial charge in [0.2, 0.25) is 11.7 Å². The SMILES string of the molecule is O=C(O)Cc1nc(-c2ccc(F)c(Cl)c2)no1. The summed E-state index contributed by atoms with van der Waals surface area (Å²) in [5.41, 5.74) is 0.455. The van der Waals surface area contributed by atoms with Crippen molar-refractivity contribution < 1.29 is 18.8 Å². The Labute approximate surface area is 99.8 Å². The number of hydrogen-bond donors (Lipinski definition) is 1. The summed E-state index contributed by atoms with van der Waals surface area (Å²) in [6, 6.07) is 3.94. The summed E-state index contributed by atoms with van der Waals surface area (Å²) < 4.78 is 17.6. The lowest BCUT2D eigenvalue weighted by Crippen LogP contribution is -1.99. The first kappa shape index (κ1) is 11.5. The fraction of sp³-hybridized carbons (Fsp3) is 0.100. The number of rotatable bonds is 3. The van der Waals surface area contributed by atoms with Crippen LogP contribution in [0, 0.1) is 5.82 Å². The molecule has 0 unspecified atom stereocenters. The average Bonchev–Trinajstić information content (AvgIpc) is 2.69. The van der Waals surface area contributed by atoms with E-state index in [0.29, 0.717) is 5.56 Å². The van der Waals surface area contributed by atoms with Crippen LogP contribution in [0.1, 0.15) is 5.89 Å². The van der Waals surface area contributed by atoms with Crippen LogP contribution in [-0.4, -0.2) is 21.2 Å². The molecular formula is C10H6ClFN2O3. The molecule has 1 N–H and O–H groups in total. The molecule has 0 bridgehead atoms. The van der Waals surface area contributed by atoms with Crippen LogP contribution in [0.5, 0.6) is 0 Å². The van der Waals surface area contributed by atoms with E-state index in [9.17, 15) is 9.18 Å². The molecule has 88 valence electrons. The van der Waals surface area contributed by atoms with Crippen molar-refractivity contribution in [1.29, 1.82) is 0 Å². The van der Waals surface area contributed by atoms with Crippen molar-refractivity contribution in [2.24, 2.45) is 0 Å². The molecule has 1 heterocycles. The Bertz CT molecular complexity index is 570. The van der Waals surface area contributed by atoms with Crippen molar-refractivity contribution >= 4 is 17.6 Å². The Balaban J connectivity index is 2.30. The second kappa shape index (κ2) is 4.50. The highest BCUT2D eigenvalue weighted by molar-refractivity contribution is 6.31. The van der Waals surface area contributed by atoms with Crippen molar-refractivity contribution in [3.63, 3.8) is 0 Å². The van der Waals surface area contributed by atoms with Gasteiger partial charge in [-0.15, -0.1) is 0 Å². The van der Waals surface area contributed by atoms with Crippen LogP contribution in [0.4, 0.5) is 4.39 Å². The van der Waals surface area contributed by atoms with E-state index in [1.165, 1.54) is 18.2 Å². The van der Waals surface area contributed by atoms with Gasteiger partial charge < -0.3 is 9.63 Å². The number of aromatic nitrogens is 2. The standard InChI is InChI=1S/C10H6ClFN2O3/c11-6-3-5(1-2-7(6)12)10-13-8(17-14-10)4-9(15)16/h1-3H,4H2,(H,15,16). The predicted octanol–water partition coefficient (Wildman–Crippen LogP) is 2.16. The van der Waals surface area contributed by atoms with Crippen molar-refractivity contribution in [2.45, 2.75) is 6.42 Å². The van der Waals surface area contributed by atoms with Gasteiger partial charge in [0.05, 0.1) is 5.02 Å². The first-order valence-electron chi connectivity index (χ1n) is 4.56. The summed E-state index contributed by atoms with van der Waals surface area (Å²) in [5.74, 6) is -1.47. The molecule has 0 aliphatic heterocycles. The van der Waals surface area contributed by atoms with Crippen LogP contribution in [0.3, 0.4) is 0 Å². The molecule has 1 aromatic heterocycles. The molecule has 0 amide bonds. The highest BCUT2D eigenvalue weighted by Crippen LogP contribution is 2.22. The Morgan fingerprint density at radius 1 is 1.53 bits per heavy atom. The van der Waals surface area contributed by atoms with Gasteiger partial charge in [-0.25, -0.2) is 4.39 Å². The van der Waals surface area contributed by atoms with Crippen molar-refractivity contribution in [3.8, 4) is 11.4 Å². The van der Waals surface area contributed by atoms with Crippen LogP contribution in [0.25, 0.3) is 11.4 Å². The second-order valence-corrected chi connectivity index (χ2v) is 3.62. The van der Waals surface area contributed by atoms with E-state index in [1.54, 1.807) is 0 Å². The molecule has 17 heavy (non-hydrogen) atoms. The third-order valence-electron chi connectivity index (χ3n) is 1.95. The van der Waals surface area contributed by atoms with E-state index in [-0.39, 0.29) is 23.2 Å². The van der Waals surface area contributed by atoms with Gasteiger partial charge in [-0.2, -0.15) is 4.98 Å². The Kier molecular flexibility index (Phi) is 3.06. The maximum Gasteiger partial charge on any atom is 0.312 e. The van der Waals surface area contributed by atoms with Gasteiger partial charge in [-0.05, 0) is 18.2 Å². The van der Waals surface area contributed by atoms with Crippen LogP contribution in [0.2, 0.25) is 5.02 Å². The third-order valence-corrected chi connectivity index (χ3v) is 2.24. The minimum absolute atomic E-state index is 0.0204. The second-order valence-electron chi connectivity index (χ2n) is 3.21. The van der Waals surface area contributed by atoms with Crippen molar-refractivity contribution in [1.82, 2.24) is 10.1 Å². The number of carbonyl (C=O) groups is 1. The minimum Gasteiger partial charge on any atom is -0.481 e. The molecule has 1 aromatic carbocycles. The van der Waals surface area contributed by atoms with E-state index in [1.807, 2.05) is 0 Å². The molecule has 0 saturated heterocycles. The molecule has 7 heteroatoms. The van der Waals surface area contributed by atoms with E-state index in [0.717, 1.165) is 0 Å². The fourth-order valence-electron chi connectivity index (χ4n) is 1.21. The third kappa shape index (κ3) is 2.59. The molecule has 0 atom stereocenters. The summed E-state index contributed by atoms with van der Waals surface area (Å²) >= 11 is 5.60. The van der Waals surface area contributed by atoms with Crippen molar-refractivity contribution in [3.05, 3.63) is 34.9 Å². The number of carboxylic acid groups (broad SMARTS) is 1. The summed E-state index contributed by atoms with van der Waals surface area (Å²) in [4.78, 5) is 14.3. The molecule has 0 aliphatic rings. The topological polar surface area (TPSA) is 76.2 Å². The van der Waals surface area contributed by atoms with Gasteiger partial charge >= 0.3 is 5.97 Å². The summed E-state index contributed by atoms with van der Waals surface area (Å²) in [7, 11) is 0. The van der Waals surface area contributed by atoms with Crippen LogP contribution < -0.4 is 0 Å². The quantitative estimate of drug-likeness (QED) is 0.911. The molecule has 0 spiro atoms. The maximum atomic E-state index is 12.9. The van der Waals surface area contributed by atoms with Crippen LogP contribution in [0.15, 0.2) is 22.7 Å². The number of halogens is 2. The van der Waals surface area contributed by atoms with Gasteiger partial charge in [0.15, 0.2) is 0 Å². The number of carboxylic acids is 1. The molecule has 0 aliphatic carbocycles. The van der Waals surface area contributed by atoms with Crippen LogP contribution in [-0.2, 0) is 11.2 Å². The molecule has 5 nitrogen and oxygen atoms in total. The van der Waals surface area contributed by atoms with Crippen LogP contribution >= 0.6 is 11.6 Å². The van der Waals surface area contributed by atoms with E-state index in [2.05, 4.69) is 10.1 Å². The molecule has 2 rings (SSSR count). The van der Waals surface area contributed by atoms with E-state index >= 15 is 0 Å². The zero-order valence-corrected chi connectivity index (χ0v) is 9.11. The maximum absolute atomic E-state index is 12.9. The normalized spacial score (nSPS) is 10.5. The Morgan fingerprint density at radius 3 is 2.94 bits per heavy atom. The number of benzene rings is 1. The first-order chi connectivity index (χ1) is 8.06. The lowest BCUT2D eigenvalue weighted by atomic mass is 10.2. The average molecular weight is 257 g/mol. The molecular weight excluding hydrogens is 251 g/mol. The molecule has 0 fully saturated rings. The lowest BCUT2D eigenvalue weighted by Gasteiger charge is -1.96. The Hall–Kier alpha value is -1.95. The summed E-state index contributed by atoms with van der Waals surface area (Å²) in [6.45, 7) is 0. The molecule has 0 saturated carbocycles. The number of hydrogen-bond acceptors (Lipinski definition) is 4. The first-order valence-corrected chi connectivity index (χ1v) is 4.94. The minimum atomic E-state index is -1.07. The van der Waals surface area contributed by atoms with Gasteiger partial charge in [-0.3, -0.25) is 4.79 Å². The number of nitrogens with zero attached hydrogens (tertiary/aromatic N) is 2. The molecule has 0 radical (unpaired) electrons. The highest BCUT2D eigenvalue weighted by atomic mass is 35.5. The lowest BCUT2D eigenvalue weighted by molar-refractivity contribution is -0.136.